The summed E-state index contributed by atoms with van der Waals surface area (Å²) in [7, 11) is 0. The number of nitrogens with zero attached hydrogens (tertiary/aromatic N) is 1. The Labute approximate surface area is 341 Å². The molecule has 57 heavy (non-hydrogen) atoms. The molecule has 0 radical (unpaired) electrons. The van der Waals surface area contributed by atoms with Crippen LogP contribution in [0.3, 0.4) is 0 Å². The molecule has 0 aliphatic rings. The van der Waals surface area contributed by atoms with Crippen LogP contribution in [0.2, 0.25) is 0 Å². The van der Waals surface area contributed by atoms with Crippen molar-refractivity contribution in [2.45, 2.75) is 0 Å². The van der Waals surface area contributed by atoms with Gasteiger partial charge in [0.25, 0.3) is 0 Å². The van der Waals surface area contributed by atoms with E-state index in [1.54, 1.807) is 0 Å². The summed E-state index contributed by atoms with van der Waals surface area (Å²) in [6.07, 6.45) is 0. The van der Waals surface area contributed by atoms with Gasteiger partial charge in [-0.05, 0) is 134 Å². The molecule has 1 heterocycles. The monoisotopic (exact) mass is 793 g/mol. The van der Waals surface area contributed by atoms with Crippen LogP contribution in [0.15, 0.2) is 227 Å². The minimum atomic E-state index is 0.900. The van der Waals surface area contributed by atoms with Crippen molar-refractivity contribution in [2.24, 2.45) is 0 Å². The quantitative estimate of drug-likeness (QED) is 0.152. The van der Waals surface area contributed by atoms with Crippen molar-refractivity contribution in [3.63, 3.8) is 0 Å². The van der Waals surface area contributed by atoms with E-state index >= 15 is 0 Å². The van der Waals surface area contributed by atoms with Crippen LogP contribution < -0.4 is 4.90 Å². The van der Waals surface area contributed by atoms with Crippen LogP contribution in [0.4, 0.5) is 17.1 Å². The van der Waals surface area contributed by atoms with Gasteiger partial charge in [-0.25, -0.2) is 0 Å². The number of benzene rings is 9. The van der Waals surface area contributed by atoms with Crippen LogP contribution in [-0.2, 0) is 0 Å². The first-order valence-electron chi connectivity index (χ1n) is 19.2. The molecule has 0 aliphatic heterocycles. The van der Waals surface area contributed by atoms with Gasteiger partial charge in [-0.3, -0.25) is 0 Å². The van der Waals surface area contributed by atoms with E-state index in [0.29, 0.717) is 0 Å². The lowest BCUT2D eigenvalue weighted by atomic mass is 9.95. The standard InChI is InChI=1S/C54H36BrNO/c55-47-33-45(32-46(34-47)44-25-30-54-52(36-44)51-19-7-8-20-53(51)57-54)42-16-9-15-41(31-42)43-17-10-18-50(35-43)56(48-26-21-39(22-27-48)37-11-3-1-4-12-37)49-28-23-40(24-29-49)38-13-5-2-6-14-38/h1-36H. The first kappa shape index (κ1) is 34.5. The fourth-order valence-electron chi connectivity index (χ4n) is 7.85. The van der Waals surface area contributed by atoms with Crippen molar-refractivity contribution in [1.29, 1.82) is 0 Å². The van der Waals surface area contributed by atoms with E-state index in [-0.39, 0.29) is 0 Å². The van der Waals surface area contributed by atoms with Gasteiger partial charge in [-0.2, -0.15) is 0 Å². The third-order valence-corrected chi connectivity index (χ3v) is 11.2. The molecule has 0 bridgehead atoms. The van der Waals surface area contributed by atoms with Crippen LogP contribution in [0.5, 0.6) is 0 Å². The second kappa shape index (κ2) is 15.0. The number of rotatable bonds is 8. The third-order valence-electron chi connectivity index (χ3n) is 10.7. The van der Waals surface area contributed by atoms with Crippen LogP contribution in [0.25, 0.3) is 77.6 Å². The van der Waals surface area contributed by atoms with E-state index in [1.807, 2.05) is 12.1 Å². The maximum atomic E-state index is 6.12. The van der Waals surface area contributed by atoms with Gasteiger partial charge in [-0.15, -0.1) is 0 Å². The lowest BCUT2D eigenvalue weighted by Gasteiger charge is -2.26. The average Bonchev–Trinajstić information content (AvgIpc) is 3.66. The van der Waals surface area contributed by atoms with Gasteiger partial charge in [0, 0.05) is 32.3 Å². The number of halogens is 1. The second-order valence-corrected chi connectivity index (χ2v) is 15.2. The fraction of sp³-hybridized carbons (Fsp3) is 0. The molecule has 0 saturated heterocycles. The van der Waals surface area contributed by atoms with Crippen molar-refractivity contribution >= 4 is 54.9 Å². The van der Waals surface area contributed by atoms with Gasteiger partial charge in [0.1, 0.15) is 11.2 Å². The molecule has 0 saturated carbocycles. The zero-order chi connectivity index (χ0) is 38.1. The van der Waals surface area contributed by atoms with Gasteiger partial charge in [0.2, 0.25) is 0 Å². The van der Waals surface area contributed by atoms with Gasteiger partial charge < -0.3 is 9.32 Å². The highest BCUT2D eigenvalue weighted by Crippen LogP contribution is 2.40. The Balaban J connectivity index is 1.01. The summed E-state index contributed by atoms with van der Waals surface area (Å²) in [6.45, 7) is 0. The maximum Gasteiger partial charge on any atom is 0.135 e. The van der Waals surface area contributed by atoms with E-state index in [4.69, 9.17) is 4.42 Å². The maximum absolute atomic E-state index is 6.12. The van der Waals surface area contributed by atoms with Crippen LogP contribution in [0.1, 0.15) is 0 Å². The smallest absolute Gasteiger partial charge is 0.135 e. The van der Waals surface area contributed by atoms with Crippen LogP contribution >= 0.6 is 15.9 Å². The summed E-state index contributed by atoms with van der Waals surface area (Å²) in [5, 5.41) is 2.26. The molecule has 2 nitrogen and oxygen atoms in total. The lowest BCUT2D eigenvalue weighted by Crippen LogP contribution is -2.10. The Morgan fingerprint density at radius 3 is 1.35 bits per heavy atom. The normalized spacial score (nSPS) is 11.2. The van der Waals surface area contributed by atoms with E-state index in [1.165, 1.54) is 22.3 Å². The number of anilines is 3. The highest BCUT2D eigenvalue weighted by Gasteiger charge is 2.16. The SMILES string of the molecule is Brc1cc(-c2cccc(-c3cccc(N(c4ccc(-c5ccccc5)cc4)c4ccc(-c5ccccc5)cc4)c3)c2)cc(-c2ccc3oc4ccccc4c3c2)c1. The van der Waals surface area contributed by atoms with E-state index in [2.05, 4.69) is 227 Å². The predicted molar refractivity (Wildman–Crippen MR) is 243 cm³/mol. The predicted octanol–water partition coefficient (Wildman–Crippen LogP) is 16.2. The first-order valence-corrected chi connectivity index (χ1v) is 20.0. The zero-order valence-corrected chi connectivity index (χ0v) is 32.6. The molecule has 0 amide bonds. The van der Waals surface area contributed by atoms with Crippen molar-refractivity contribution in [3.8, 4) is 55.6 Å². The molecule has 0 spiro atoms. The van der Waals surface area contributed by atoms with Gasteiger partial charge in [0.15, 0.2) is 0 Å². The Kier molecular flexibility index (Phi) is 9.06. The third kappa shape index (κ3) is 6.95. The molecule has 3 heteroatoms. The number of hydrogen-bond donors (Lipinski definition) is 0. The molecular formula is C54H36BrNO. The van der Waals surface area contributed by atoms with E-state index < -0.39 is 0 Å². The summed E-state index contributed by atoms with van der Waals surface area (Å²) in [5.74, 6) is 0. The first-order chi connectivity index (χ1) is 28.1. The molecule has 0 unspecified atom stereocenters. The molecule has 0 atom stereocenters. The number of para-hydroxylation sites is 1. The number of hydrogen-bond acceptors (Lipinski definition) is 2. The molecule has 0 N–H and O–H groups in total. The van der Waals surface area contributed by atoms with Crippen molar-refractivity contribution in [3.05, 3.63) is 223 Å². The lowest BCUT2D eigenvalue weighted by molar-refractivity contribution is 0.669. The Morgan fingerprint density at radius 1 is 0.281 bits per heavy atom. The number of furan rings is 1. The largest absolute Gasteiger partial charge is 0.456 e. The fourth-order valence-corrected chi connectivity index (χ4v) is 8.34. The molecule has 270 valence electrons. The van der Waals surface area contributed by atoms with E-state index in [0.717, 1.165) is 76.9 Å². The van der Waals surface area contributed by atoms with Crippen molar-refractivity contribution < 1.29 is 4.42 Å². The number of fused-ring (bicyclic) bond motifs is 3. The molecular weight excluding hydrogens is 759 g/mol. The summed E-state index contributed by atoms with van der Waals surface area (Å²) in [4.78, 5) is 2.34. The topological polar surface area (TPSA) is 16.4 Å². The summed E-state index contributed by atoms with van der Waals surface area (Å²) in [6, 6.07) is 77.9. The molecule has 0 fully saturated rings. The molecule has 10 aromatic rings. The summed E-state index contributed by atoms with van der Waals surface area (Å²) >= 11 is 3.83. The summed E-state index contributed by atoms with van der Waals surface area (Å²) < 4.78 is 7.15. The van der Waals surface area contributed by atoms with Crippen LogP contribution in [0, 0.1) is 0 Å². The molecule has 9 aromatic carbocycles. The van der Waals surface area contributed by atoms with Gasteiger partial charge in [0.05, 0.1) is 0 Å². The van der Waals surface area contributed by atoms with Crippen molar-refractivity contribution in [1.82, 2.24) is 0 Å². The zero-order valence-electron chi connectivity index (χ0n) is 31.0. The van der Waals surface area contributed by atoms with E-state index in [9.17, 15) is 0 Å². The summed E-state index contributed by atoms with van der Waals surface area (Å²) in [5.41, 5.74) is 16.8. The minimum Gasteiger partial charge on any atom is -0.456 e. The Hall–Kier alpha value is -6.94. The minimum absolute atomic E-state index is 0.900. The average molecular weight is 795 g/mol. The van der Waals surface area contributed by atoms with Crippen molar-refractivity contribution in [2.75, 3.05) is 4.90 Å². The molecule has 1 aromatic heterocycles. The highest BCUT2D eigenvalue weighted by molar-refractivity contribution is 9.10. The van der Waals surface area contributed by atoms with Gasteiger partial charge in [-0.1, -0.05) is 155 Å². The van der Waals surface area contributed by atoms with Gasteiger partial charge >= 0.3 is 0 Å². The highest BCUT2D eigenvalue weighted by atomic mass is 79.9. The molecule has 10 rings (SSSR count). The van der Waals surface area contributed by atoms with Crippen LogP contribution in [-0.4, -0.2) is 0 Å². The molecule has 0 aliphatic carbocycles. The second-order valence-electron chi connectivity index (χ2n) is 14.3. The Bertz CT molecular complexity index is 2920. The Morgan fingerprint density at radius 2 is 0.719 bits per heavy atom.